The van der Waals surface area contributed by atoms with Crippen molar-refractivity contribution in [3.63, 3.8) is 0 Å². The molecule has 2 nitrogen and oxygen atoms in total. The van der Waals surface area contributed by atoms with Crippen LogP contribution in [0.1, 0.15) is 0 Å². The van der Waals surface area contributed by atoms with Crippen LogP contribution in [-0.4, -0.2) is 9.55 Å². The summed E-state index contributed by atoms with van der Waals surface area (Å²) >= 11 is 6.58. The third-order valence-electron chi connectivity index (χ3n) is 4.44. The molecule has 0 saturated heterocycles. The first-order valence-electron chi connectivity index (χ1n) is 7.58. The van der Waals surface area contributed by atoms with E-state index in [-0.39, 0.29) is 0 Å². The number of aromatic amines is 1. The van der Waals surface area contributed by atoms with Gasteiger partial charge in [0, 0.05) is 33.6 Å². The fourth-order valence-electron chi connectivity index (χ4n) is 3.41. The Bertz CT molecular complexity index is 1170. The van der Waals surface area contributed by atoms with Gasteiger partial charge in [0.05, 0.1) is 16.1 Å². The number of H-pyrrole nitrogens is 1. The summed E-state index contributed by atoms with van der Waals surface area (Å²) in [6.45, 7) is 0. The Morgan fingerprint density at radius 1 is 0.826 bits per heavy atom. The van der Waals surface area contributed by atoms with E-state index >= 15 is 0 Å². The standard InChI is InChI=1S/C20H13ClN2/c21-16-12-18-15(10-11-23(18)13-6-2-1-3-7-13)19-14-8-4-5-9-17(14)22-20(16)19/h1-12,22H. The van der Waals surface area contributed by atoms with E-state index in [0.717, 1.165) is 27.3 Å². The van der Waals surface area contributed by atoms with Crippen LogP contribution in [-0.2, 0) is 0 Å². The Hall–Kier alpha value is -2.71. The van der Waals surface area contributed by atoms with Gasteiger partial charge in [-0.15, -0.1) is 0 Å². The molecule has 0 amide bonds. The Kier molecular flexibility index (Phi) is 2.58. The van der Waals surface area contributed by atoms with Crippen LogP contribution in [0.15, 0.2) is 72.9 Å². The van der Waals surface area contributed by atoms with Crippen LogP contribution in [0.3, 0.4) is 0 Å². The number of aromatic nitrogens is 2. The molecule has 5 aromatic rings. The molecule has 0 fully saturated rings. The van der Waals surface area contributed by atoms with Crippen LogP contribution in [0.5, 0.6) is 0 Å². The maximum absolute atomic E-state index is 6.58. The monoisotopic (exact) mass is 316 g/mol. The number of benzene rings is 3. The second kappa shape index (κ2) is 4.64. The number of hydrogen-bond acceptors (Lipinski definition) is 0. The van der Waals surface area contributed by atoms with Crippen molar-refractivity contribution in [1.29, 1.82) is 0 Å². The van der Waals surface area contributed by atoms with Gasteiger partial charge in [0.1, 0.15) is 0 Å². The molecule has 23 heavy (non-hydrogen) atoms. The highest BCUT2D eigenvalue weighted by Crippen LogP contribution is 2.37. The van der Waals surface area contributed by atoms with Crippen LogP contribution in [0.4, 0.5) is 0 Å². The van der Waals surface area contributed by atoms with E-state index in [0.29, 0.717) is 0 Å². The normalized spacial score (nSPS) is 11.7. The number of halogens is 1. The van der Waals surface area contributed by atoms with Crippen molar-refractivity contribution in [2.24, 2.45) is 0 Å². The van der Waals surface area contributed by atoms with Crippen molar-refractivity contribution in [2.75, 3.05) is 0 Å². The fraction of sp³-hybridized carbons (Fsp3) is 0. The molecule has 0 unspecified atom stereocenters. The van der Waals surface area contributed by atoms with Gasteiger partial charge in [0.15, 0.2) is 0 Å². The van der Waals surface area contributed by atoms with Gasteiger partial charge in [-0.25, -0.2) is 0 Å². The second-order valence-electron chi connectivity index (χ2n) is 5.73. The van der Waals surface area contributed by atoms with Crippen LogP contribution in [0.2, 0.25) is 5.02 Å². The first-order chi connectivity index (χ1) is 11.3. The molecule has 3 aromatic carbocycles. The van der Waals surface area contributed by atoms with Gasteiger partial charge in [0.2, 0.25) is 0 Å². The van der Waals surface area contributed by atoms with E-state index in [9.17, 15) is 0 Å². The maximum Gasteiger partial charge on any atom is 0.0668 e. The lowest BCUT2D eigenvalue weighted by Gasteiger charge is -2.06. The van der Waals surface area contributed by atoms with Gasteiger partial charge in [-0.1, -0.05) is 48.0 Å². The maximum atomic E-state index is 6.58. The van der Waals surface area contributed by atoms with Crippen molar-refractivity contribution < 1.29 is 0 Å². The molecule has 0 spiro atoms. The van der Waals surface area contributed by atoms with E-state index in [2.05, 4.69) is 52.1 Å². The molecule has 5 rings (SSSR count). The summed E-state index contributed by atoms with van der Waals surface area (Å²) in [6, 6.07) is 22.9. The Morgan fingerprint density at radius 2 is 1.61 bits per heavy atom. The lowest BCUT2D eigenvalue weighted by molar-refractivity contribution is 1.13. The van der Waals surface area contributed by atoms with Crippen LogP contribution >= 0.6 is 11.6 Å². The zero-order valence-corrected chi connectivity index (χ0v) is 13.0. The first-order valence-corrected chi connectivity index (χ1v) is 7.96. The van der Waals surface area contributed by atoms with E-state index in [4.69, 9.17) is 11.6 Å². The molecule has 0 aliphatic rings. The molecule has 0 bridgehead atoms. The average Bonchev–Trinajstić information content (AvgIpc) is 3.17. The summed E-state index contributed by atoms with van der Waals surface area (Å²) in [7, 11) is 0. The highest BCUT2D eigenvalue weighted by Gasteiger charge is 2.14. The molecule has 0 aliphatic carbocycles. The van der Waals surface area contributed by atoms with Crippen molar-refractivity contribution in [3.8, 4) is 5.69 Å². The highest BCUT2D eigenvalue weighted by atomic mass is 35.5. The van der Waals surface area contributed by atoms with Crippen molar-refractivity contribution in [2.45, 2.75) is 0 Å². The number of hydrogen-bond donors (Lipinski definition) is 1. The smallest absolute Gasteiger partial charge is 0.0668 e. The van der Waals surface area contributed by atoms with E-state index in [1.165, 1.54) is 16.2 Å². The van der Waals surface area contributed by atoms with Crippen molar-refractivity contribution in [1.82, 2.24) is 9.55 Å². The zero-order valence-electron chi connectivity index (χ0n) is 12.3. The predicted octanol–water partition coefficient (Wildman–Crippen LogP) is 5.92. The van der Waals surface area contributed by atoms with Crippen molar-refractivity contribution >= 4 is 44.3 Å². The number of para-hydroxylation sites is 2. The molecular weight excluding hydrogens is 304 g/mol. The Balaban J connectivity index is 1.97. The summed E-state index contributed by atoms with van der Waals surface area (Å²) in [5.41, 5.74) is 4.38. The summed E-state index contributed by atoms with van der Waals surface area (Å²) in [4.78, 5) is 3.45. The minimum Gasteiger partial charge on any atom is -0.353 e. The molecule has 3 heteroatoms. The predicted molar refractivity (Wildman–Crippen MR) is 97.6 cm³/mol. The van der Waals surface area contributed by atoms with Gasteiger partial charge < -0.3 is 9.55 Å². The molecule has 0 atom stereocenters. The topological polar surface area (TPSA) is 20.7 Å². The molecule has 0 radical (unpaired) electrons. The Morgan fingerprint density at radius 3 is 2.48 bits per heavy atom. The first kappa shape index (κ1) is 12.8. The average molecular weight is 317 g/mol. The lowest BCUT2D eigenvalue weighted by atomic mass is 10.1. The minimum absolute atomic E-state index is 0.750. The number of rotatable bonds is 1. The summed E-state index contributed by atoms with van der Waals surface area (Å²) in [6.07, 6.45) is 2.11. The summed E-state index contributed by atoms with van der Waals surface area (Å²) < 4.78 is 2.18. The third kappa shape index (κ3) is 1.76. The minimum atomic E-state index is 0.750. The van der Waals surface area contributed by atoms with Gasteiger partial charge >= 0.3 is 0 Å². The molecule has 110 valence electrons. The third-order valence-corrected chi connectivity index (χ3v) is 4.74. The number of fused-ring (bicyclic) bond motifs is 5. The van der Waals surface area contributed by atoms with E-state index in [1.54, 1.807) is 0 Å². The number of nitrogens with zero attached hydrogens (tertiary/aromatic N) is 1. The van der Waals surface area contributed by atoms with E-state index < -0.39 is 0 Å². The lowest BCUT2D eigenvalue weighted by Crippen LogP contribution is -1.90. The van der Waals surface area contributed by atoms with Gasteiger partial charge in [0.25, 0.3) is 0 Å². The highest BCUT2D eigenvalue weighted by molar-refractivity contribution is 6.39. The zero-order chi connectivity index (χ0) is 15.4. The van der Waals surface area contributed by atoms with Crippen LogP contribution < -0.4 is 0 Å². The SMILES string of the molecule is Clc1cc2c(ccn2-c2ccccc2)c2c1[nH]c1ccccc12. The molecule has 2 heterocycles. The Labute approximate surface area is 137 Å². The van der Waals surface area contributed by atoms with Crippen LogP contribution in [0.25, 0.3) is 38.4 Å². The second-order valence-corrected chi connectivity index (χ2v) is 6.14. The summed E-state index contributed by atoms with van der Waals surface area (Å²) in [5, 5.41) is 4.36. The molecule has 0 saturated carbocycles. The van der Waals surface area contributed by atoms with Crippen molar-refractivity contribution in [3.05, 3.63) is 77.9 Å². The molecular formula is C20H13ClN2. The van der Waals surface area contributed by atoms with Gasteiger partial charge in [-0.2, -0.15) is 0 Å². The largest absolute Gasteiger partial charge is 0.353 e. The number of nitrogens with one attached hydrogen (secondary N) is 1. The summed E-state index contributed by atoms with van der Waals surface area (Å²) in [5.74, 6) is 0. The van der Waals surface area contributed by atoms with Crippen LogP contribution in [0, 0.1) is 0 Å². The van der Waals surface area contributed by atoms with Gasteiger partial charge in [-0.3, -0.25) is 0 Å². The quantitative estimate of drug-likeness (QED) is 0.396. The van der Waals surface area contributed by atoms with Gasteiger partial charge in [-0.05, 0) is 30.3 Å². The molecule has 2 aromatic heterocycles. The fourth-order valence-corrected chi connectivity index (χ4v) is 3.66. The molecule has 0 aliphatic heterocycles. The van der Waals surface area contributed by atoms with E-state index in [1.807, 2.05) is 30.3 Å². The molecule has 1 N–H and O–H groups in total.